The van der Waals surface area contributed by atoms with Crippen LogP contribution in [0.1, 0.15) is 25.3 Å². The Morgan fingerprint density at radius 2 is 1.31 bits per heavy atom. The molecule has 5 nitrogen and oxygen atoms in total. The molecule has 1 amide bonds. The first-order chi connectivity index (χ1) is 17.0. The Hall–Kier alpha value is -3.90. The van der Waals surface area contributed by atoms with Crippen molar-refractivity contribution in [1.82, 2.24) is 0 Å². The van der Waals surface area contributed by atoms with E-state index in [1.807, 2.05) is 43.3 Å². The number of hydrogen-bond acceptors (Lipinski definition) is 4. The Morgan fingerprint density at radius 1 is 0.743 bits per heavy atom. The van der Waals surface area contributed by atoms with E-state index in [-0.39, 0.29) is 11.3 Å². The standard InChI is InChI=1S/C29H28N2O3S/c1-2-11-29(32)31(35(33,34)26-14-7-4-8-15-26)28-17-10-9-16-27(28)30-22-23-18-20-25(21-19-23)24-12-5-3-6-13-24/h3-10,12-21,30H,2,11,22H2,1H3. The van der Waals surface area contributed by atoms with Gasteiger partial charge in [0.2, 0.25) is 5.91 Å². The summed E-state index contributed by atoms with van der Waals surface area (Å²) < 4.78 is 28.0. The van der Waals surface area contributed by atoms with Crippen LogP contribution in [0.3, 0.4) is 0 Å². The van der Waals surface area contributed by atoms with Gasteiger partial charge in [-0.3, -0.25) is 4.79 Å². The van der Waals surface area contributed by atoms with Crippen molar-refractivity contribution in [3.05, 3.63) is 115 Å². The first-order valence-electron chi connectivity index (χ1n) is 11.6. The largest absolute Gasteiger partial charge is 0.379 e. The molecular formula is C29H28N2O3S. The zero-order valence-electron chi connectivity index (χ0n) is 19.6. The number of benzene rings is 4. The second-order valence-corrected chi connectivity index (χ2v) is 9.95. The number of anilines is 2. The smallest absolute Gasteiger partial charge is 0.270 e. The summed E-state index contributed by atoms with van der Waals surface area (Å²) in [7, 11) is -4.07. The van der Waals surface area contributed by atoms with Crippen LogP contribution in [0.5, 0.6) is 0 Å². The van der Waals surface area contributed by atoms with Gasteiger partial charge in [-0.05, 0) is 47.4 Å². The average molecular weight is 485 g/mol. The minimum absolute atomic E-state index is 0.0794. The molecule has 0 fully saturated rings. The number of nitrogens with one attached hydrogen (secondary N) is 1. The molecule has 4 aromatic carbocycles. The van der Waals surface area contributed by atoms with Crippen LogP contribution in [0.25, 0.3) is 11.1 Å². The summed E-state index contributed by atoms with van der Waals surface area (Å²) in [6.45, 7) is 2.34. The zero-order chi connectivity index (χ0) is 24.7. The van der Waals surface area contributed by atoms with E-state index in [9.17, 15) is 13.2 Å². The van der Waals surface area contributed by atoms with Crippen LogP contribution in [-0.4, -0.2) is 14.3 Å². The predicted octanol–water partition coefficient (Wildman–Crippen LogP) is 6.49. The van der Waals surface area contributed by atoms with Crippen LogP contribution in [0.15, 0.2) is 114 Å². The Kier molecular flexibility index (Phi) is 7.63. The third-order valence-corrected chi connectivity index (χ3v) is 7.39. The molecule has 0 spiro atoms. The van der Waals surface area contributed by atoms with Crippen LogP contribution in [0.2, 0.25) is 0 Å². The van der Waals surface area contributed by atoms with Gasteiger partial charge in [0.15, 0.2) is 0 Å². The fraction of sp³-hybridized carbons (Fsp3) is 0.138. The van der Waals surface area contributed by atoms with Crippen molar-refractivity contribution in [3.63, 3.8) is 0 Å². The molecule has 0 heterocycles. The monoisotopic (exact) mass is 484 g/mol. The topological polar surface area (TPSA) is 66.5 Å². The molecule has 0 aromatic heterocycles. The van der Waals surface area contributed by atoms with Crippen LogP contribution >= 0.6 is 0 Å². The minimum atomic E-state index is -4.07. The van der Waals surface area contributed by atoms with Gasteiger partial charge >= 0.3 is 0 Å². The number of carbonyl (C=O) groups is 1. The molecule has 0 radical (unpaired) electrons. The van der Waals surface area contributed by atoms with Crippen LogP contribution in [0, 0.1) is 0 Å². The molecule has 0 aliphatic carbocycles. The van der Waals surface area contributed by atoms with Crippen molar-refractivity contribution in [2.75, 3.05) is 9.62 Å². The summed E-state index contributed by atoms with van der Waals surface area (Å²) in [4.78, 5) is 13.2. The van der Waals surface area contributed by atoms with Crippen molar-refractivity contribution in [1.29, 1.82) is 0 Å². The van der Waals surface area contributed by atoms with Crippen LogP contribution in [-0.2, 0) is 21.4 Å². The molecule has 0 saturated carbocycles. The molecule has 4 rings (SSSR count). The highest BCUT2D eigenvalue weighted by atomic mass is 32.2. The summed E-state index contributed by atoms with van der Waals surface area (Å²) in [6, 6.07) is 33.4. The van der Waals surface area contributed by atoms with Gasteiger partial charge in [0, 0.05) is 13.0 Å². The van der Waals surface area contributed by atoms with Gasteiger partial charge in [-0.25, -0.2) is 12.7 Å². The normalized spacial score (nSPS) is 11.1. The fourth-order valence-corrected chi connectivity index (χ4v) is 5.34. The number of para-hydroxylation sites is 2. The molecule has 178 valence electrons. The van der Waals surface area contributed by atoms with Crippen LogP contribution in [0.4, 0.5) is 11.4 Å². The van der Waals surface area contributed by atoms with E-state index in [2.05, 4.69) is 29.6 Å². The molecule has 0 unspecified atom stereocenters. The summed E-state index contributed by atoms with van der Waals surface area (Å²) >= 11 is 0. The third-order valence-electron chi connectivity index (χ3n) is 5.64. The van der Waals surface area contributed by atoms with Crippen molar-refractivity contribution < 1.29 is 13.2 Å². The SMILES string of the molecule is CCCC(=O)N(c1ccccc1NCc1ccc(-c2ccccc2)cc1)S(=O)(=O)c1ccccc1. The van der Waals surface area contributed by atoms with E-state index in [1.165, 1.54) is 12.1 Å². The average Bonchev–Trinajstić information content (AvgIpc) is 2.90. The second kappa shape index (κ2) is 11.0. The van der Waals surface area contributed by atoms with E-state index < -0.39 is 15.9 Å². The van der Waals surface area contributed by atoms with Gasteiger partial charge in [-0.15, -0.1) is 0 Å². The summed E-state index contributed by atoms with van der Waals surface area (Å²) in [5.41, 5.74) is 4.20. The third kappa shape index (κ3) is 5.61. The maximum absolute atomic E-state index is 13.5. The summed E-state index contributed by atoms with van der Waals surface area (Å²) in [5, 5.41) is 3.33. The van der Waals surface area contributed by atoms with Crippen molar-refractivity contribution >= 4 is 27.3 Å². The molecule has 0 saturated heterocycles. The molecule has 0 atom stereocenters. The number of amides is 1. The summed E-state index contributed by atoms with van der Waals surface area (Å²) in [5.74, 6) is -0.460. The number of hydrogen-bond donors (Lipinski definition) is 1. The van der Waals surface area contributed by atoms with Gasteiger partial charge < -0.3 is 5.32 Å². The number of sulfonamides is 1. The molecule has 4 aromatic rings. The zero-order valence-corrected chi connectivity index (χ0v) is 20.4. The Morgan fingerprint density at radius 3 is 1.97 bits per heavy atom. The maximum atomic E-state index is 13.5. The number of rotatable bonds is 9. The Labute approximate surface area is 207 Å². The lowest BCUT2D eigenvalue weighted by molar-refractivity contribution is -0.117. The molecular weight excluding hydrogens is 456 g/mol. The van der Waals surface area contributed by atoms with Gasteiger partial charge in [-0.2, -0.15) is 0 Å². The van der Waals surface area contributed by atoms with E-state index in [0.29, 0.717) is 24.3 Å². The maximum Gasteiger partial charge on any atom is 0.270 e. The highest BCUT2D eigenvalue weighted by Crippen LogP contribution is 2.32. The van der Waals surface area contributed by atoms with E-state index >= 15 is 0 Å². The first kappa shape index (κ1) is 24.2. The van der Waals surface area contributed by atoms with Crippen molar-refractivity contribution in [2.24, 2.45) is 0 Å². The molecule has 0 bridgehead atoms. The quantitative estimate of drug-likeness (QED) is 0.295. The van der Waals surface area contributed by atoms with Gasteiger partial charge in [-0.1, -0.05) is 91.9 Å². The van der Waals surface area contributed by atoms with Gasteiger partial charge in [0.05, 0.1) is 16.3 Å². The summed E-state index contributed by atoms with van der Waals surface area (Å²) in [6.07, 6.45) is 0.671. The number of nitrogens with zero attached hydrogens (tertiary/aromatic N) is 1. The van der Waals surface area contributed by atoms with E-state index in [0.717, 1.165) is 21.0 Å². The van der Waals surface area contributed by atoms with Gasteiger partial charge in [0.25, 0.3) is 10.0 Å². The van der Waals surface area contributed by atoms with E-state index in [4.69, 9.17) is 0 Å². The first-order valence-corrected chi connectivity index (χ1v) is 13.0. The van der Waals surface area contributed by atoms with Crippen molar-refractivity contribution in [3.8, 4) is 11.1 Å². The minimum Gasteiger partial charge on any atom is -0.379 e. The van der Waals surface area contributed by atoms with Gasteiger partial charge in [0.1, 0.15) is 0 Å². The molecule has 0 aliphatic rings. The Bertz CT molecular complexity index is 1370. The fourth-order valence-electron chi connectivity index (χ4n) is 3.85. The molecule has 1 N–H and O–H groups in total. The Balaban J connectivity index is 1.62. The lowest BCUT2D eigenvalue weighted by atomic mass is 10.0. The molecule has 35 heavy (non-hydrogen) atoms. The predicted molar refractivity (Wildman–Crippen MR) is 142 cm³/mol. The molecule has 0 aliphatic heterocycles. The van der Waals surface area contributed by atoms with E-state index in [1.54, 1.807) is 36.4 Å². The highest BCUT2D eigenvalue weighted by molar-refractivity contribution is 7.93. The van der Waals surface area contributed by atoms with Crippen molar-refractivity contribution in [2.45, 2.75) is 31.2 Å². The highest BCUT2D eigenvalue weighted by Gasteiger charge is 2.31. The lowest BCUT2D eigenvalue weighted by Crippen LogP contribution is -2.37. The van der Waals surface area contributed by atoms with Crippen LogP contribution < -0.4 is 9.62 Å². The number of carbonyl (C=O) groups excluding carboxylic acids is 1. The lowest BCUT2D eigenvalue weighted by Gasteiger charge is -2.25. The second-order valence-electron chi connectivity index (χ2n) is 8.16. The molecule has 6 heteroatoms.